The van der Waals surface area contributed by atoms with Gasteiger partial charge >= 0.3 is 0 Å². The maximum Gasteiger partial charge on any atom is 0.291 e. The second-order valence-electron chi connectivity index (χ2n) is 4.13. The highest BCUT2D eigenvalue weighted by molar-refractivity contribution is 6.39. The Labute approximate surface area is 77.1 Å². The van der Waals surface area contributed by atoms with Gasteiger partial charge in [-0.25, -0.2) is 0 Å². The molecule has 1 rings (SSSR count). The Morgan fingerprint density at radius 2 is 2.00 bits per heavy atom. The molecule has 0 N–H and O–H groups in total. The smallest absolute Gasteiger partial charge is 0.291 e. The summed E-state index contributed by atoms with van der Waals surface area (Å²) in [4.78, 5) is 24.0. The monoisotopic (exact) mass is 180 g/mol. The van der Waals surface area contributed by atoms with Crippen LogP contribution >= 0.6 is 0 Å². The number of nitriles is 1. The molecule has 1 heterocycles. The van der Waals surface area contributed by atoms with Gasteiger partial charge in [0.25, 0.3) is 5.91 Å². The summed E-state index contributed by atoms with van der Waals surface area (Å²) in [7, 11) is 0. The second-order valence-corrected chi connectivity index (χ2v) is 4.13. The van der Waals surface area contributed by atoms with Crippen molar-refractivity contribution in [2.24, 2.45) is 5.92 Å². The average Bonchev–Trinajstić information content (AvgIpc) is 2.28. The van der Waals surface area contributed by atoms with Crippen molar-refractivity contribution in [2.75, 3.05) is 6.54 Å². The molecule has 0 spiro atoms. The van der Waals surface area contributed by atoms with Crippen LogP contribution in [0.15, 0.2) is 0 Å². The number of carbonyl (C=O) groups is 2. The van der Waals surface area contributed by atoms with E-state index in [4.69, 9.17) is 5.26 Å². The molecule has 0 aliphatic carbocycles. The number of hydrogen-bond donors (Lipinski definition) is 0. The molecular formula is C9H12N2O2. The maximum absolute atomic E-state index is 11.3. The molecule has 0 aromatic rings. The topological polar surface area (TPSA) is 61.2 Å². The lowest BCUT2D eigenvalue weighted by molar-refractivity contribution is -0.142. The predicted molar refractivity (Wildman–Crippen MR) is 45.6 cm³/mol. The third-order valence-electron chi connectivity index (χ3n) is 2.10. The Bertz CT molecular complexity index is 296. The van der Waals surface area contributed by atoms with Crippen molar-refractivity contribution in [3.05, 3.63) is 0 Å². The van der Waals surface area contributed by atoms with Crippen molar-refractivity contribution in [1.29, 1.82) is 5.26 Å². The van der Waals surface area contributed by atoms with Gasteiger partial charge in [-0.1, -0.05) is 0 Å². The Morgan fingerprint density at radius 3 is 2.23 bits per heavy atom. The minimum atomic E-state index is -0.772. The Balaban J connectivity index is 2.92. The number of likely N-dealkylation sites (tertiary alicyclic amines) is 1. The van der Waals surface area contributed by atoms with Crippen LogP contribution in [0.4, 0.5) is 0 Å². The van der Waals surface area contributed by atoms with Crippen LogP contribution in [-0.4, -0.2) is 28.7 Å². The van der Waals surface area contributed by atoms with E-state index in [0.717, 1.165) is 0 Å². The lowest BCUT2D eigenvalue weighted by Gasteiger charge is -2.30. The fraction of sp³-hybridized carbons (Fsp3) is 0.667. The minimum Gasteiger partial charge on any atom is -0.329 e. The van der Waals surface area contributed by atoms with E-state index in [1.54, 1.807) is 0 Å². The van der Waals surface area contributed by atoms with Gasteiger partial charge in [0.1, 0.15) is 5.92 Å². The average molecular weight is 180 g/mol. The normalized spacial score (nSPS) is 23.5. The number of ketones is 1. The van der Waals surface area contributed by atoms with E-state index in [1.165, 1.54) is 4.90 Å². The van der Waals surface area contributed by atoms with Crippen LogP contribution in [0.1, 0.15) is 20.8 Å². The molecule has 1 saturated heterocycles. The van der Waals surface area contributed by atoms with E-state index in [1.807, 2.05) is 26.8 Å². The van der Waals surface area contributed by atoms with Gasteiger partial charge in [-0.2, -0.15) is 5.26 Å². The molecule has 1 atom stereocenters. The summed E-state index contributed by atoms with van der Waals surface area (Å²) in [6, 6.07) is 1.83. The molecule has 4 nitrogen and oxygen atoms in total. The molecule has 1 fully saturated rings. The quantitative estimate of drug-likeness (QED) is 0.505. The zero-order chi connectivity index (χ0) is 10.2. The summed E-state index contributed by atoms with van der Waals surface area (Å²) >= 11 is 0. The molecule has 4 heteroatoms. The summed E-state index contributed by atoms with van der Waals surface area (Å²) in [5, 5.41) is 8.59. The first kappa shape index (κ1) is 9.72. The van der Waals surface area contributed by atoms with Crippen LogP contribution in [0.2, 0.25) is 0 Å². The largest absolute Gasteiger partial charge is 0.329 e. The number of Topliss-reactive ketones (excluding diaryl/α,β-unsaturated/α-hetero) is 1. The first-order valence-electron chi connectivity index (χ1n) is 4.13. The predicted octanol–water partition coefficient (Wildman–Crippen LogP) is 0.336. The molecule has 0 radical (unpaired) electrons. The first-order chi connectivity index (χ1) is 5.88. The molecule has 1 aliphatic rings. The molecule has 70 valence electrons. The SMILES string of the molecule is CC(C)(C)N1C[C@@H](C#N)C(=O)C1=O. The summed E-state index contributed by atoms with van der Waals surface area (Å²) in [5.41, 5.74) is -0.377. The summed E-state index contributed by atoms with van der Waals surface area (Å²) < 4.78 is 0. The molecule has 13 heavy (non-hydrogen) atoms. The molecular weight excluding hydrogens is 168 g/mol. The molecule has 0 bridgehead atoms. The molecule has 1 aliphatic heterocycles. The third kappa shape index (κ3) is 1.55. The number of rotatable bonds is 0. The van der Waals surface area contributed by atoms with Crippen molar-refractivity contribution < 1.29 is 9.59 Å². The lowest BCUT2D eigenvalue weighted by atomic mass is 10.1. The van der Waals surface area contributed by atoms with Gasteiger partial charge in [0.05, 0.1) is 6.07 Å². The molecule has 0 unspecified atom stereocenters. The molecule has 0 aromatic heterocycles. The Hall–Kier alpha value is -1.37. The fourth-order valence-corrected chi connectivity index (χ4v) is 1.31. The third-order valence-corrected chi connectivity index (χ3v) is 2.10. The van der Waals surface area contributed by atoms with Crippen molar-refractivity contribution in [2.45, 2.75) is 26.3 Å². The van der Waals surface area contributed by atoms with Gasteiger partial charge in [-0.15, -0.1) is 0 Å². The van der Waals surface area contributed by atoms with Crippen molar-refractivity contribution in [3.8, 4) is 6.07 Å². The van der Waals surface area contributed by atoms with E-state index in [-0.39, 0.29) is 12.1 Å². The zero-order valence-electron chi connectivity index (χ0n) is 8.00. The first-order valence-corrected chi connectivity index (χ1v) is 4.13. The number of nitrogens with zero attached hydrogens (tertiary/aromatic N) is 2. The summed E-state index contributed by atoms with van der Waals surface area (Å²) in [6.45, 7) is 5.77. The number of amides is 1. The van der Waals surface area contributed by atoms with Gasteiger partial charge in [-0.05, 0) is 20.8 Å². The highest BCUT2D eigenvalue weighted by Crippen LogP contribution is 2.22. The van der Waals surface area contributed by atoms with Crippen LogP contribution in [0.5, 0.6) is 0 Å². The van der Waals surface area contributed by atoms with Gasteiger partial charge < -0.3 is 4.90 Å². The van der Waals surface area contributed by atoms with E-state index in [9.17, 15) is 9.59 Å². The van der Waals surface area contributed by atoms with Crippen molar-refractivity contribution in [1.82, 2.24) is 4.90 Å². The van der Waals surface area contributed by atoms with E-state index in [2.05, 4.69) is 0 Å². The van der Waals surface area contributed by atoms with E-state index >= 15 is 0 Å². The van der Waals surface area contributed by atoms with Crippen LogP contribution in [-0.2, 0) is 9.59 Å². The fourth-order valence-electron chi connectivity index (χ4n) is 1.31. The number of carbonyl (C=O) groups excluding carboxylic acids is 2. The van der Waals surface area contributed by atoms with Gasteiger partial charge in [0.15, 0.2) is 0 Å². The van der Waals surface area contributed by atoms with Crippen LogP contribution < -0.4 is 0 Å². The summed E-state index contributed by atoms with van der Waals surface area (Å²) in [6.07, 6.45) is 0. The van der Waals surface area contributed by atoms with Crippen molar-refractivity contribution >= 4 is 11.7 Å². The minimum absolute atomic E-state index is 0.234. The van der Waals surface area contributed by atoms with E-state index < -0.39 is 17.6 Å². The Morgan fingerprint density at radius 1 is 1.46 bits per heavy atom. The van der Waals surface area contributed by atoms with Gasteiger partial charge in [-0.3, -0.25) is 9.59 Å². The highest BCUT2D eigenvalue weighted by atomic mass is 16.2. The van der Waals surface area contributed by atoms with Crippen LogP contribution in [0.25, 0.3) is 0 Å². The molecule has 0 aromatic carbocycles. The number of hydrogen-bond acceptors (Lipinski definition) is 3. The lowest BCUT2D eigenvalue weighted by Crippen LogP contribution is -2.43. The van der Waals surface area contributed by atoms with Gasteiger partial charge in [0, 0.05) is 12.1 Å². The standard InChI is InChI=1S/C9H12N2O2/c1-9(2,3)11-5-6(4-10)7(12)8(11)13/h6H,5H2,1-3H3/t6-/m1/s1. The Kier molecular flexibility index (Phi) is 2.12. The van der Waals surface area contributed by atoms with E-state index in [0.29, 0.717) is 0 Å². The van der Waals surface area contributed by atoms with Gasteiger partial charge in [0.2, 0.25) is 5.78 Å². The van der Waals surface area contributed by atoms with Crippen LogP contribution in [0, 0.1) is 17.2 Å². The summed E-state index contributed by atoms with van der Waals surface area (Å²) in [5.74, 6) is -1.87. The van der Waals surface area contributed by atoms with Crippen molar-refractivity contribution in [3.63, 3.8) is 0 Å². The van der Waals surface area contributed by atoms with Crippen LogP contribution in [0.3, 0.4) is 0 Å². The zero-order valence-corrected chi connectivity index (χ0v) is 8.00. The highest BCUT2D eigenvalue weighted by Gasteiger charge is 2.43. The second kappa shape index (κ2) is 2.84. The molecule has 0 saturated carbocycles. The molecule has 1 amide bonds. The maximum atomic E-state index is 11.3.